The third-order valence-electron chi connectivity index (χ3n) is 3.93. The normalized spacial score (nSPS) is 10.8. The number of rotatable bonds is 8. The molecule has 3 aromatic rings. The summed E-state index contributed by atoms with van der Waals surface area (Å²) in [5, 5.41) is 0.619. The second-order valence-electron chi connectivity index (χ2n) is 5.76. The number of aromatic nitrogens is 2. The number of para-hydroxylation sites is 3. The predicted molar refractivity (Wildman–Crippen MR) is 98.3 cm³/mol. The minimum absolute atomic E-state index is 0.0540. The molecule has 0 radical (unpaired) electrons. The number of hydrogen-bond acceptors (Lipinski definition) is 4. The van der Waals surface area contributed by atoms with Crippen LogP contribution in [-0.4, -0.2) is 22.8 Å². The van der Waals surface area contributed by atoms with Gasteiger partial charge in [-0.3, -0.25) is 9.36 Å². The topological polar surface area (TPSA) is 53.4 Å². The Labute approximate surface area is 146 Å². The highest BCUT2D eigenvalue weighted by molar-refractivity contribution is 5.76. The monoisotopic (exact) mass is 338 g/mol. The van der Waals surface area contributed by atoms with E-state index < -0.39 is 0 Å². The molecule has 0 unspecified atom stereocenters. The first-order valence-electron chi connectivity index (χ1n) is 8.58. The maximum atomic E-state index is 12.5. The van der Waals surface area contributed by atoms with E-state index in [0.29, 0.717) is 36.4 Å². The molecule has 0 fully saturated rings. The van der Waals surface area contributed by atoms with Crippen molar-refractivity contribution in [3.63, 3.8) is 0 Å². The molecule has 1 heterocycles. The van der Waals surface area contributed by atoms with Gasteiger partial charge in [0, 0.05) is 0 Å². The molecule has 5 heteroatoms. The highest BCUT2D eigenvalue weighted by Gasteiger charge is 2.06. The van der Waals surface area contributed by atoms with E-state index in [-0.39, 0.29) is 5.56 Å². The van der Waals surface area contributed by atoms with Crippen LogP contribution in [0.3, 0.4) is 0 Å². The Morgan fingerprint density at radius 2 is 1.64 bits per heavy atom. The first kappa shape index (κ1) is 17.0. The summed E-state index contributed by atoms with van der Waals surface area (Å²) in [6, 6.07) is 14.9. The average Bonchev–Trinajstić information content (AvgIpc) is 2.65. The number of benzene rings is 2. The number of hydrogen-bond donors (Lipinski definition) is 0. The molecule has 0 aliphatic carbocycles. The van der Waals surface area contributed by atoms with Gasteiger partial charge in [0.15, 0.2) is 11.5 Å². The van der Waals surface area contributed by atoms with Crippen molar-refractivity contribution in [1.82, 2.24) is 9.55 Å². The summed E-state index contributed by atoms with van der Waals surface area (Å²) in [5.41, 5.74) is 0.654. The molecule has 0 spiro atoms. The second kappa shape index (κ2) is 8.33. The third kappa shape index (κ3) is 4.18. The van der Waals surface area contributed by atoms with Crippen molar-refractivity contribution >= 4 is 10.9 Å². The summed E-state index contributed by atoms with van der Waals surface area (Å²) in [4.78, 5) is 16.8. The van der Waals surface area contributed by atoms with Crippen molar-refractivity contribution in [2.24, 2.45) is 0 Å². The Balaban J connectivity index is 1.65. The molecular weight excluding hydrogens is 316 g/mol. The number of ether oxygens (including phenoxy) is 2. The zero-order chi connectivity index (χ0) is 17.5. The van der Waals surface area contributed by atoms with E-state index in [1.165, 1.54) is 0 Å². The van der Waals surface area contributed by atoms with Gasteiger partial charge in [-0.2, -0.15) is 0 Å². The van der Waals surface area contributed by atoms with Crippen molar-refractivity contribution < 1.29 is 9.47 Å². The molecule has 0 amide bonds. The van der Waals surface area contributed by atoms with Gasteiger partial charge < -0.3 is 9.47 Å². The van der Waals surface area contributed by atoms with Gasteiger partial charge in [-0.15, -0.1) is 0 Å². The molecule has 0 bridgehead atoms. The first-order chi connectivity index (χ1) is 12.3. The van der Waals surface area contributed by atoms with Crippen LogP contribution in [0.2, 0.25) is 0 Å². The molecule has 5 nitrogen and oxygen atoms in total. The van der Waals surface area contributed by atoms with Crippen LogP contribution < -0.4 is 15.0 Å². The predicted octanol–water partition coefficient (Wildman–Crippen LogP) is 3.65. The van der Waals surface area contributed by atoms with Crippen molar-refractivity contribution in [3.05, 3.63) is 65.2 Å². The van der Waals surface area contributed by atoms with Crippen molar-refractivity contribution in [3.8, 4) is 11.5 Å². The fourth-order valence-electron chi connectivity index (χ4n) is 2.53. The van der Waals surface area contributed by atoms with Gasteiger partial charge in [0.2, 0.25) is 0 Å². The smallest absolute Gasteiger partial charge is 0.261 e. The van der Waals surface area contributed by atoms with Crippen LogP contribution in [0, 0.1) is 0 Å². The molecule has 0 atom stereocenters. The molecule has 130 valence electrons. The van der Waals surface area contributed by atoms with E-state index in [4.69, 9.17) is 9.47 Å². The molecular formula is C20H22N2O3. The van der Waals surface area contributed by atoms with Gasteiger partial charge in [0.1, 0.15) is 6.61 Å². The number of fused-ring (bicyclic) bond motifs is 1. The van der Waals surface area contributed by atoms with Crippen LogP contribution in [0.5, 0.6) is 11.5 Å². The average molecular weight is 338 g/mol. The SMILES string of the molecule is CCCCOc1ccccc1OCCn1cnc2ccccc2c1=O. The van der Waals surface area contributed by atoms with Gasteiger partial charge in [-0.1, -0.05) is 37.6 Å². The summed E-state index contributed by atoms with van der Waals surface area (Å²) in [7, 11) is 0. The maximum absolute atomic E-state index is 12.5. The second-order valence-corrected chi connectivity index (χ2v) is 5.76. The largest absolute Gasteiger partial charge is 0.490 e. The molecule has 2 aromatic carbocycles. The Kier molecular flexibility index (Phi) is 5.67. The Morgan fingerprint density at radius 1 is 0.960 bits per heavy atom. The number of nitrogens with zero attached hydrogens (tertiary/aromatic N) is 2. The van der Waals surface area contributed by atoms with E-state index in [1.807, 2.05) is 42.5 Å². The molecule has 0 saturated carbocycles. The first-order valence-corrected chi connectivity index (χ1v) is 8.58. The van der Waals surface area contributed by atoms with Gasteiger partial charge >= 0.3 is 0 Å². The van der Waals surface area contributed by atoms with E-state index in [1.54, 1.807) is 17.0 Å². The summed E-state index contributed by atoms with van der Waals surface area (Å²) in [5.74, 6) is 1.43. The van der Waals surface area contributed by atoms with Crippen LogP contribution in [-0.2, 0) is 6.54 Å². The van der Waals surface area contributed by atoms with Crippen LogP contribution in [0.25, 0.3) is 10.9 Å². The Bertz CT molecular complexity index is 889. The zero-order valence-electron chi connectivity index (χ0n) is 14.4. The lowest BCUT2D eigenvalue weighted by atomic mass is 10.2. The summed E-state index contributed by atoms with van der Waals surface area (Å²) >= 11 is 0. The summed E-state index contributed by atoms with van der Waals surface area (Å²) < 4.78 is 13.2. The minimum Gasteiger partial charge on any atom is -0.490 e. The highest BCUT2D eigenvalue weighted by atomic mass is 16.5. The van der Waals surface area contributed by atoms with Crippen LogP contribution in [0.4, 0.5) is 0 Å². The summed E-state index contributed by atoms with van der Waals surface area (Å²) in [6.45, 7) is 3.60. The summed E-state index contributed by atoms with van der Waals surface area (Å²) in [6.07, 6.45) is 3.66. The van der Waals surface area contributed by atoms with E-state index in [2.05, 4.69) is 11.9 Å². The maximum Gasteiger partial charge on any atom is 0.261 e. The molecule has 0 saturated heterocycles. The lowest BCUT2D eigenvalue weighted by molar-refractivity contribution is 0.256. The van der Waals surface area contributed by atoms with Crippen LogP contribution in [0.1, 0.15) is 19.8 Å². The van der Waals surface area contributed by atoms with Gasteiger partial charge in [-0.25, -0.2) is 4.98 Å². The quantitative estimate of drug-likeness (QED) is 0.588. The fourth-order valence-corrected chi connectivity index (χ4v) is 2.53. The Hall–Kier alpha value is -2.82. The highest BCUT2D eigenvalue weighted by Crippen LogP contribution is 2.26. The molecule has 1 aromatic heterocycles. The van der Waals surface area contributed by atoms with Crippen LogP contribution in [0.15, 0.2) is 59.7 Å². The Morgan fingerprint density at radius 3 is 2.40 bits per heavy atom. The molecule has 0 N–H and O–H groups in total. The van der Waals surface area contributed by atoms with Gasteiger partial charge in [0.25, 0.3) is 5.56 Å². The van der Waals surface area contributed by atoms with Crippen LogP contribution >= 0.6 is 0 Å². The van der Waals surface area contributed by atoms with E-state index in [9.17, 15) is 4.79 Å². The van der Waals surface area contributed by atoms with E-state index >= 15 is 0 Å². The molecule has 25 heavy (non-hydrogen) atoms. The molecule has 3 rings (SSSR count). The van der Waals surface area contributed by atoms with Gasteiger partial charge in [0.05, 0.1) is 30.4 Å². The zero-order valence-corrected chi connectivity index (χ0v) is 14.4. The van der Waals surface area contributed by atoms with Crippen molar-refractivity contribution in [1.29, 1.82) is 0 Å². The van der Waals surface area contributed by atoms with E-state index in [0.717, 1.165) is 18.6 Å². The van der Waals surface area contributed by atoms with Crippen molar-refractivity contribution in [2.75, 3.05) is 13.2 Å². The van der Waals surface area contributed by atoms with Gasteiger partial charge in [-0.05, 0) is 30.7 Å². The minimum atomic E-state index is -0.0540. The van der Waals surface area contributed by atoms with Crippen molar-refractivity contribution in [2.45, 2.75) is 26.3 Å². The lowest BCUT2D eigenvalue weighted by Crippen LogP contribution is -2.23. The molecule has 0 aliphatic rings. The fraction of sp³-hybridized carbons (Fsp3) is 0.300. The standard InChI is InChI=1S/C20H22N2O3/c1-2-3-13-24-18-10-6-7-11-19(18)25-14-12-22-15-21-17-9-5-4-8-16(17)20(22)23/h4-11,15H,2-3,12-14H2,1H3. The molecule has 0 aliphatic heterocycles. The number of unbranched alkanes of at least 4 members (excludes halogenated alkanes) is 1. The lowest BCUT2D eigenvalue weighted by Gasteiger charge is -2.13. The third-order valence-corrected chi connectivity index (χ3v) is 3.93.